The van der Waals surface area contributed by atoms with Crippen molar-refractivity contribution in [3.63, 3.8) is 0 Å². The molecule has 0 spiro atoms. The molecule has 0 rings (SSSR count). The second-order valence-electron chi connectivity index (χ2n) is 3.56. The standard InChI is InChI=1S/C10H20O3/c1-3-5-10(6-4-2,7-8-11)9(12)13/h11H,3-8H2,1-2H3,(H,12,13). The van der Waals surface area contributed by atoms with Crippen molar-refractivity contribution in [3.8, 4) is 0 Å². The number of aliphatic carboxylic acids is 1. The summed E-state index contributed by atoms with van der Waals surface area (Å²) in [6.45, 7) is 3.92. The average molecular weight is 188 g/mol. The molecule has 0 saturated heterocycles. The molecule has 0 saturated carbocycles. The molecule has 3 heteroatoms. The van der Waals surface area contributed by atoms with E-state index in [2.05, 4.69) is 0 Å². The van der Waals surface area contributed by atoms with Crippen LogP contribution < -0.4 is 0 Å². The summed E-state index contributed by atoms with van der Waals surface area (Å²) in [5, 5.41) is 17.9. The maximum Gasteiger partial charge on any atom is 0.309 e. The highest BCUT2D eigenvalue weighted by Gasteiger charge is 2.35. The summed E-state index contributed by atoms with van der Waals surface area (Å²) >= 11 is 0. The molecule has 78 valence electrons. The quantitative estimate of drug-likeness (QED) is 0.642. The zero-order valence-corrected chi connectivity index (χ0v) is 8.55. The van der Waals surface area contributed by atoms with Gasteiger partial charge in [0.25, 0.3) is 0 Å². The molecule has 0 fully saturated rings. The van der Waals surface area contributed by atoms with Crippen LogP contribution in [0.5, 0.6) is 0 Å². The summed E-state index contributed by atoms with van der Waals surface area (Å²) in [5.41, 5.74) is -0.682. The van der Waals surface area contributed by atoms with Crippen LogP contribution in [-0.2, 0) is 4.79 Å². The molecule has 13 heavy (non-hydrogen) atoms. The molecule has 0 atom stereocenters. The van der Waals surface area contributed by atoms with Crippen LogP contribution in [-0.4, -0.2) is 22.8 Å². The second-order valence-corrected chi connectivity index (χ2v) is 3.56. The van der Waals surface area contributed by atoms with E-state index in [1.54, 1.807) is 0 Å². The van der Waals surface area contributed by atoms with Crippen LogP contribution in [0, 0.1) is 5.41 Å². The van der Waals surface area contributed by atoms with Gasteiger partial charge in [-0.2, -0.15) is 0 Å². The minimum absolute atomic E-state index is 0.0354. The number of aliphatic hydroxyl groups excluding tert-OH is 1. The van der Waals surface area contributed by atoms with E-state index >= 15 is 0 Å². The molecule has 0 unspecified atom stereocenters. The highest BCUT2D eigenvalue weighted by molar-refractivity contribution is 5.74. The Morgan fingerprint density at radius 1 is 1.15 bits per heavy atom. The molecule has 0 radical (unpaired) electrons. The third-order valence-corrected chi connectivity index (χ3v) is 2.50. The maximum atomic E-state index is 11.1. The van der Waals surface area contributed by atoms with Crippen LogP contribution in [0.4, 0.5) is 0 Å². The molecule has 0 aliphatic carbocycles. The van der Waals surface area contributed by atoms with E-state index in [9.17, 15) is 4.79 Å². The number of aliphatic hydroxyl groups is 1. The van der Waals surface area contributed by atoms with Crippen molar-refractivity contribution in [2.24, 2.45) is 5.41 Å². The van der Waals surface area contributed by atoms with Crippen LogP contribution in [0.1, 0.15) is 46.0 Å². The van der Waals surface area contributed by atoms with Crippen LogP contribution in [0.2, 0.25) is 0 Å². The molecule has 3 nitrogen and oxygen atoms in total. The number of carboxylic acids is 1. The minimum Gasteiger partial charge on any atom is -0.481 e. The maximum absolute atomic E-state index is 11.1. The van der Waals surface area contributed by atoms with Crippen LogP contribution in [0.25, 0.3) is 0 Å². The van der Waals surface area contributed by atoms with E-state index in [0.29, 0.717) is 19.3 Å². The van der Waals surface area contributed by atoms with Gasteiger partial charge in [-0.15, -0.1) is 0 Å². The molecule has 0 aliphatic rings. The molecule has 0 bridgehead atoms. The fraction of sp³-hybridized carbons (Fsp3) is 0.900. The fourth-order valence-electron chi connectivity index (χ4n) is 1.87. The lowest BCUT2D eigenvalue weighted by molar-refractivity contribution is -0.151. The lowest BCUT2D eigenvalue weighted by Crippen LogP contribution is -2.32. The molecule has 0 aromatic rings. The predicted octanol–water partition coefficient (Wildman–Crippen LogP) is 2.04. The molecular weight excluding hydrogens is 168 g/mol. The van der Waals surface area contributed by atoms with E-state index in [4.69, 9.17) is 10.2 Å². The van der Waals surface area contributed by atoms with Crippen molar-refractivity contribution >= 4 is 5.97 Å². The van der Waals surface area contributed by atoms with Gasteiger partial charge in [-0.1, -0.05) is 26.7 Å². The van der Waals surface area contributed by atoms with E-state index in [-0.39, 0.29) is 6.61 Å². The Kier molecular flexibility index (Phi) is 5.71. The van der Waals surface area contributed by atoms with E-state index < -0.39 is 11.4 Å². The number of hydrogen-bond donors (Lipinski definition) is 2. The smallest absolute Gasteiger partial charge is 0.309 e. The van der Waals surface area contributed by atoms with Crippen molar-refractivity contribution in [2.75, 3.05) is 6.61 Å². The lowest BCUT2D eigenvalue weighted by atomic mass is 9.77. The molecule has 0 aliphatic heterocycles. The van der Waals surface area contributed by atoms with Crippen molar-refractivity contribution in [3.05, 3.63) is 0 Å². The summed E-state index contributed by atoms with van der Waals surface area (Å²) in [4.78, 5) is 11.1. The first-order chi connectivity index (χ1) is 6.13. The van der Waals surface area contributed by atoms with Gasteiger partial charge in [-0.05, 0) is 19.3 Å². The fourth-order valence-corrected chi connectivity index (χ4v) is 1.87. The summed E-state index contributed by atoms with van der Waals surface area (Å²) in [6, 6.07) is 0. The summed E-state index contributed by atoms with van der Waals surface area (Å²) in [6.07, 6.45) is 3.41. The van der Waals surface area contributed by atoms with Gasteiger partial charge < -0.3 is 10.2 Å². The Morgan fingerprint density at radius 3 is 1.85 bits per heavy atom. The molecule has 0 aromatic carbocycles. The third kappa shape index (κ3) is 3.35. The topological polar surface area (TPSA) is 57.5 Å². The van der Waals surface area contributed by atoms with Crippen LogP contribution >= 0.6 is 0 Å². The van der Waals surface area contributed by atoms with Gasteiger partial charge in [0.1, 0.15) is 0 Å². The van der Waals surface area contributed by atoms with Crippen LogP contribution in [0.3, 0.4) is 0 Å². The van der Waals surface area contributed by atoms with Gasteiger partial charge in [0, 0.05) is 6.61 Å². The first-order valence-electron chi connectivity index (χ1n) is 4.97. The predicted molar refractivity (Wildman–Crippen MR) is 51.6 cm³/mol. The Labute approximate surface area is 79.8 Å². The molecule has 0 heterocycles. The first-order valence-corrected chi connectivity index (χ1v) is 4.97. The molecule has 0 amide bonds. The Hall–Kier alpha value is -0.570. The molecule has 2 N–H and O–H groups in total. The summed E-state index contributed by atoms with van der Waals surface area (Å²) < 4.78 is 0. The zero-order chi connectivity index (χ0) is 10.3. The number of rotatable bonds is 7. The first kappa shape index (κ1) is 12.4. The van der Waals surface area contributed by atoms with Gasteiger partial charge in [-0.25, -0.2) is 0 Å². The Bertz CT molecular complexity index is 137. The monoisotopic (exact) mass is 188 g/mol. The Balaban J connectivity index is 4.48. The van der Waals surface area contributed by atoms with Crippen molar-refractivity contribution in [1.29, 1.82) is 0 Å². The lowest BCUT2D eigenvalue weighted by Gasteiger charge is -2.27. The largest absolute Gasteiger partial charge is 0.481 e. The SMILES string of the molecule is CCCC(CCC)(CCO)C(=O)O. The molecular formula is C10H20O3. The van der Waals surface area contributed by atoms with E-state index in [0.717, 1.165) is 12.8 Å². The normalized spacial score (nSPS) is 11.6. The second kappa shape index (κ2) is 5.97. The van der Waals surface area contributed by atoms with Gasteiger partial charge in [0.2, 0.25) is 0 Å². The number of hydrogen-bond acceptors (Lipinski definition) is 2. The van der Waals surface area contributed by atoms with Crippen molar-refractivity contribution in [2.45, 2.75) is 46.0 Å². The van der Waals surface area contributed by atoms with Crippen molar-refractivity contribution in [1.82, 2.24) is 0 Å². The van der Waals surface area contributed by atoms with Gasteiger partial charge in [-0.3, -0.25) is 4.79 Å². The average Bonchev–Trinajstić information content (AvgIpc) is 2.05. The summed E-state index contributed by atoms with van der Waals surface area (Å²) in [7, 11) is 0. The third-order valence-electron chi connectivity index (χ3n) is 2.50. The van der Waals surface area contributed by atoms with Crippen molar-refractivity contribution < 1.29 is 15.0 Å². The van der Waals surface area contributed by atoms with E-state index in [1.165, 1.54) is 0 Å². The van der Waals surface area contributed by atoms with Crippen LogP contribution in [0.15, 0.2) is 0 Å². The highest BCUT2D eigenvalue weighted by Crippen LogP contribution is 2.33. The van der Waals surface area contributed by atoms with Gasteiger partial charge in [0.05, 0.1) is 5.41 Å². The highest BCUT2D eigenvalue weighted by atomic mass is 16.4. The van der Waals surface area contributed by atoms with E-state index in [1.807, 2.05) is 13.8 Å². The van der Waals surface area contributed by atoms with Gasteiger partial charge >= 0.3 is 5.97 Å². The van der Waals surface area contributed by atoms with Gasteiger partial charge in [0.15, 0.2) is 0 Å². The summed E-state index contributed by atoms with van der Waals surface area (Å²) in [5.74, 6) is -0.759. The minimum atomic E-state index is -0.759. The number of carboxylic acid groups (broad SMARTS) is 1. The zero-order valence-electron chi connectivity index (χ0n) is 8.55. The Morgan fingerprint density at radius 2 is 1.62 bits per heavy atom. The molecule has 0 aromatic heterocycles. The number of carbonyl (C=O) groups is 1.